The molecule has 1 aromatic rings. The molecule has 1 nitrogen and oxygen atoms in total. The van der Waals surface area contributed by atoms with E-state index < -0.39 is 0 Å². The van der Waals surface area contributed by atoms with E-state index in [0.717, 1.165) is 18.4 Å². The average molecular weight is 254 g/mol. The molecule has 100 valence electrons. The van der Waals surface area contributed by atoms with E-state index in [1.807, 2.05) is 6.08 Å². The molecule has 0 radical (unpaired) electrons. The van der Waals surface area contributed by atoms with Gasteiger partial charge in [0.05, 0.1) is 0 Å². The zero-order valence-electron chi connectivity index (χ0n) is 11.9. The fourth-order valence-electron chi connectivity index (χ4n) is 2.92. The predicted molar refractivity (Wildman–Crippen MR) is 80.3 cm³/mol. The second kappa shape index (κ2) is 6.01. The predicted octanol–water partition coefficient (Wildman–Crippen LogP) is 4.19. The first-order valence-corrected chi connectivity index (χ1v) is 7.07. The highest BCUT2D eigenvalue weighted by Crippen LogP contribution is 2.29. The molecule has 1 aromatic carbocycles. The lowest BCUT2D eigenvalue weighted by Crippen LogP contribution is -2.05. The summed E-state index contributed by atoms with van der Waals surface area (Å²) >= 11 is 0. The highest BCUT2D eigenvalue weighted by Gasteiger charge is 2.24. The summed E-state index contributed by atoms with van der Waals surface area (Å²) in [6, 6.07) is 6.49. The lowest BCUT2D eigenvalue weighted by molar-refractivity contribution is -0.115. The third-order valence-electron chi connectivity index (χ3n) is 3.96. The topological polar surface area (TPSA) is 17.1 Å². The van der Waals surface area contributed by atoms with Gasteiger partial charge in [-0.2, -0.15) is 0 Å². The maximum absolute atomic E-state index is 11.9. The van der Waals surface area contributed by atoms with Gasteiger partial charge in [0.25, 0.3) is 0 Å². The second-order valence-corrected chi connectivity index (χ2v) is 5.34. The molecule has 0 saturated heterocycles. The van der Waals surface area contributed by atoms with Gasteiger partial charge in [0.1, 0.15) is 0 Å². The smallest absolute Gasteiger partial charge is 0.159 e. The van der Waals surface area contributed by atoms with E-state index in [0.29, 0.717) is 24.5 Å². The molecule has 0 amide bonds. The molecule has 0 unspecified atom stereocenters. The summed E-state index contributed by atoms with van der Waals surface area (Å²) in [5.41, 5.74) is 5.14. The molecule has 1 aliphatic rings. The van der Waals surface area contributed by atoms with Gasteiger partial charge in [-0.25, -0.2) is 0 Å². The van der Waals surface area contributed by atoms with Crippen molar-refractivity contribution in [3.63, 3.8) is 0 Å². The molecule has 2 rings (SSSR count). The molecule has 0 bridgehead atoms. The Hall–Kier alpha value is -1.63. The van der Waals surface area contributed by atoms with Crippen molar-refractivity contribution < 1.29 is 4.79 Å². The molecular formula is C18H22O. The van der Waals surface area contributed by atoms with Gasteiger partial charge in [-0.05, 0) is 54.4 Å². The standard InChI is InChI=1S/C18H22O/c1-4-7-16-10-14(12-18(16)19)11-17-13(3)8-6-9-15(17)5-2/h4,6,8-10,14H,1,5,7,11-12H2,2-3H3/t14-/m0/s1. The molecule has 19 heavy (non-hydrogen) atoms. The summed E-state index contributed by atoms with van der Waals surface area (Å²) < 4.78 is 0. The Morgan fingerprint density at radius 1 is 1.42 bits per heavy atom. The van der Waals surface area contributed by atoms with Gasteiger partial charge >= 0.3 is 0 Å². The van der Waals surface area contributed by atoms with Crippen molar-refractivity contribution in [2.45, 2.75) is 39.5 Å². The molecular weight excluding hydrogens is 232 g/mol. The van der Waals surface area contributed by atoms with Crippen LogP contribution in [0, 0.1) is 12.8 Å². The van der Waals surface area contributed by atoms with E-state index in [1.165, 1.54) is 16.7 Å². The quantitative estimate of drug-likeness (QED) is 0.720. The summed E-state index contributed by atoms with van der Waals surface area (Å²) in [4.78, 5) is 11.9. The zero-order chi connectivity index (χ0) is 13.8. The van der Waals surface area contributed by atoms with Crippen LogP contribution < -0.4 is 0 Å². The number of carbonyl (C=O) groups is 1. The average Bonchev–Trinajstić information content (AvgIpc) is 2.73. The number of aryl methyl sites for hydroxylation is 2. The first-order valence-electron chi connectivity index (χ1n) is 7.07. The van der Waals surface area contributed by atoms with E-state index in [-0.39, 0.29) is 0 Å². The first kappa shape index (κ1) is 13.8. The summed E-state index contributed by atoms with van der Waals surface area (Å²) in [6.45, 7) is 8.07. The van der Waals surface area contributed by atoms with Gasteiger partial charge in [-0.3, -0.25) is 4.79 Å². The number of Topliss-reactive ketones (excluding diaryl/α,β-unsaturated/α-hetero) is 1. The summed E-state index contributed by atoms with van der Waals surface area (Å²) in [5.74, 6) is 0.672. The molecule has 0 fully saturated rings. The van der Waals surface area contributed by atoms with E-state index in [2.05, 4.69) is 44.7 Å². The fraction of sp³-hybridized carbons (Fsp3) is 0.389. The number of rotatable bonds is 5. The van der Waals surface area contributed by atoms with Crippen LogP contribution in [-0.2, 0) is 17.6 Å². The molecule has 0 heterocycles. The minimum Gasteiger partial charge on any atom is -0.295 e. The SMILES string of the molecule is C=CCC1=C[C@@H](Cc2c(C)cccc2CC)CC1=O. The van der Waals surface area contributed by atoms with Crippen LogP contribution in [0.5, 0.6) is 0 Å². The first-order chi connectivity index (χ1) is 9.15. The lowest BCUT2D eigenvalue weighted by Gasteiger charge is -2.14. The monoisotopic (exact) mass is 254 g/mol. The van der Waals surface area contributed by atoms with Crippen molar-refractivity contribution in [1.29, 1.82) is 0 Å². The van der Waals surface area contributed by atoms with Crippen LogP contribution in [0.2, 0.25) is 0 Å². The van der Waals surface area contributed by atoms with Crippen LogP contribution in [0.4, 0.5) is 0 Å². The normalized spacial score (nSPS) is 18.5. The Balaban J connectivity index is 2.19. The molecule has 0 N–H and O–H groups in total. The Kier molecular flexibility index (Phi) is 4.36. The molecule has 1 aliphatic carbocycles. The Morgan fingerprint density at radius 2 is 2.21 bits per heavy atom. The highest BCUT2D eigenvalue weighted by atomic mass is 16.1. The molecule has 0 aliphatic heterocycles. The number of hydrogen-bond acceptors (Lipinski definition) is 1. The lowest BCUT2D eigenvalue weighted by atomic mass is 9.91. The minimum atomic E-state index is 0.302. The maximum atomic E-state index is 11.9. The Morgan fingerprint density at radius 3 is 2.89 bits per heavy atom. The molecule has 1 heteroatoms. The molecule has 0 aromatic heterocycles. The van der Waals surface area contributed by atoms with Crippen molar-refractivity contribution in [2.24, 2.45) is 5.92 Å². The van der Waals surface area contributed by atoms with E-state index >= 15 is 0 Å². The van der Waals surface area contributed by atoms with Crippen LogP contribution in [0.1, 0.15) is 36.5 Å². The van der Waals surface area contributed by atoms with Crippen molar-refractivity contribution in [3.8, 4) is 0 Å². The number of allylic oxidation sites excluding steroid dienone is 3. The van der Waals surface area contributed by atoms with Gasteiger partial charge in [0.2, 0.25) is 0 Å². The van der Waals surface area contributed by atoms with Crippen molar-refractivity contribution in [2.75, 3.05) is 0 Å². The van der Waals surface area contributed by atoms with Crippen LogP contribution in [0.25, 0.3) is 0 Å². The van der Waals surface area contributed by atoms with Gasteiger partial charge in [-0.1, -0.05) is 37.3 Å². The summed E-state index contributed by atoms with van der Waals surface area (Å²) in [6.07, 6.45) is 7.40. The Bertz CT molecular complexity index is 522. The van der Waals surface area contributed by atoms with Gasteiger partial charge in [0.15, 0.2) is 5.78 Å². The van der Waals surface area contributed by atoms with E-state index in [4.69, 9.17) is 0 Å². The largest absolute Gasteiger partial charge is 0.295 e. The molecule has 0 saturated carbocycles. The highest BCUT2D eigenvalue weighted by molar-refractivity contribution is 5.98. The van der Waals surface area contributed by atoms with Crippen LogP contribution in [0.3, 0.4) is 0 Å². The third-order valence-corrected chi connectivity index (χ3v) is 3.96. The van der Waals surface area contributed by atoms with Crippen molar-refractivity contribution in [3.05, 3.63) is 59.2 Å². The van der Waals surface area contributed by atoms with Gasteiger partial charge < -0.3 is 0 Å². The maximum Gasteiger partial charge on any atom is 0.159 e. The minimum absolute atomic E-state index is 0.302. The van der Waals surface area contributed by atoms with Gasteiger partial charge in [-0.15, -0.1) is 6.58 Å². The van der Waals surface area contributed by atoms with Gasteiger partial charge in [0, 0.05) is 6.42 Å². The summed E-state index contributed by atoms with van der Waals surface area (Å²) in [7, 11) is 0. The second-order valence-electron chi connectivity index (χ2n) is 5.34. The van der Waals surface area contributed by atoms with E-state index in [1.54, 1.807) is 0 Å². The number of benzene rings is 1. The number of carbonyl (C=O) groups excluding carboxylic acids is 1. The summed E-state index contributed by atoms with van der Waals surface area (Å²) in [5, 5.41) is 0. The van der Waals surface area contributed by atoms with Crippen LogP contribution >= 0.6 is 0 Å². The molecule has 0 spiro atoms. The third kappa shape index (κ3) is 3.04. The van der Waals surface area contributed by atoms with Crippen molar-refractivity contribution >= 4 is 5.78 Å². The van der Waals surface area contributed by atoms with Crippen LogP contribution in [-0.4, -0.2) is 5.78 Å². The zero-order valence-corrected chi connectivity index (χ0v) is 11.9. The Labute approximate surface area is 116 Å². The number of ketones is 1. The van der Waals surface area contributed by atoms with E-state index in [9.17, 15) is 4.79 Å². The van der Waals surface area contributed by atoms with Crippen LogP contribution in [0.15, 0.2) is 42.5 Å². The van der Waals surface area contributed by atoms with Crippen molar-refractivity contribution in [1.82, 2.24) is 0 Å². The number of hydrogen-bond donors (Lipinski definition) is 0. The molecule has 1 atom stereocenters. The fourth-order valence-corrected chi connectivity index (χ4v) is 2.92.